The minimum atomic E-state index is -0.625. The molecular formula is C17H24N2O3. The van der Waals surface area contributed by atoms with Gasteiger partial charge in [0.2, 0.25) is 11.7 Å². The first-order valence-corrected chi connectivity index (χ1v) is 7.34. The second kappa shape index (κ2) is 7.73. The Morgan fingerprint density at radius 2 is 1.68 bits per heavy atom. The van der Waals surface area contributed by atoms with Gasteiger partial charge in [-0.3, -0.25) is 14.4 Å². The first kappa shape index (κ1) is 17.9. The molecule has 0 spiro atoms. The van der Waals surface area contributed by atoms with Crippen molar-refractivity contribution in [3.05, 3.63) is 35.9 Å². The lowest BCUT2D eigenvalue weighted by molar-refractivity contribution is -0.145. The molecule has 0 saturated heterocycles. The van der Waals surface area contributed by atoms with Crippen LogP contribution in [-0.2, 0) is 20.8 Å². The van der Waals surface area contributed by atoms with Crippen molar-refractivity contribution in [2.24, 2.45) is 0 Å². The minimum absolute atomic E-state index is 0.109. The van der Waals surface area contributed by atoms with Crippen LogP contribution in [0.3, 0.4) is 0 Å². The van der Waals surface area contributed by atoms with Crippen molar-refractivity contribution in [3.63, 3.8) is 0 Å². The number of carbonyl (C=O) groups excluding carboxylic acids is 3. The van der Waals surface area contributed by atoms with Crippen LogP contribution in [0.15, 0.2) is 30.3 Å². The summed E-state index contributed by atoms with van der Waals surface area (Å²) in [4.78, 5) is 36.6. The van der Waals surface area contributed by atoms with E-state index in [1.165, 1.54) is 11.8 Å². The maximum Gasteiger partial charge on any atom is 0.290 e. The van der Waals surface area contributed by atoms with E-state index in [1.54, 1.807) is 0 Å². The van der Waals surface area contributed by atoms with Gasteiger partial charge in [-0.05, 0) is 32.8 Å². The molecule has 2 amide bonds. The molecule has 0 unspecified atom stereocenters. The number of hydrogen-bond donors (Lipinski definition) is 1. The SMILES string of the molecule is CC(=O)C(=O)N(CCc1ccccc1)CC(=O)NC(C)(C)C. The van der Waals surface area contributed by atoms with Crippen LogP contribution < -0.4 is 5.32 Å². The van der Waals surface area contributed by atoms with E-state index >= 15 is 0 Å². The van der Waals surface area contributed by atoms with Gasteiger partial charge in [0.15, 0.2) is 0 Å². The zero-order valence-corrected chi connectivity index (χ0v) is 13.7. The summed E-state index contributed by atoms with van der Waals surface area (Å²) in [6.07, 6.45) is 0.600. The van der Waals surface area contributed by atoms with Gasteiger partial charge in [-0.1, -0.05) is 30.3 Å². The van der Waals surface area contributed by atoms with E-state index in [9.17, 15) is 14.4 Å². The van der Waals surface area contributed by atoms with E-state index in [1.807, 2.05) is 51.1 Å². The first-order chi connectivity index (χ1) is 10.2. The molecule has 0 bridgehead atoms. The average molecular weight is 304 g/mol. The fourth-order valence-corrected chi connectivity index (χ4v) is 2.01. The normalized spacial score (nSPS) is 10.9. The summed E-state index contributed by atoms with van der Waals surface area (Å²) in [6, 6.07) is 9.65. The molecule has 22 heavy (non-hydrogen) atoms. The van der Waals surface area contributed by atoms with Crippen LogP contribution in [0.1, 0.15) is 33.3 Å². The first-order valence-electron chi connectivity index (χ1n) is 7.34. The van der Waals surface area contributed by atoms with Crippen molar-refractivity contribution in [2.45, 2.75) is 39.7 Å². The number of amides is 2. The zero-order chi connectivity index (χ0) is 16.8. The van der Waals surface area contributed by atoms with E-state index in [0.29, 0.717) is 13.0 Å². The molecule has 120 valence electrons. The number of ketones is 1. The number of carbonyl (C=O) groups is 3. The van der Waals surface area contributed by atoms with Gasteiger partial charge in [0.05, 0.1) is 6.54 Å². The van der Waals surface area contributed by atoms with Crippen LogP contribution >= 0.6 is 0 Å². The highest BCUT2D eigenvalue weighted by molar-refractivity contribution is 6.35. The van der Waals surface area contributed by atoms with Crippen LogP contribution in [0.5, 0.6) is 0 Å². The number of rotatable bonds is 6. The van der Waals surface area contributed by atoms with Gasteiger partial charge < -0.3 is 10.2 Å². The molecule has 0 heterocycles. The van der Waals surface area contributed by atoms with E-state index in [2.05, 4.69) is 5.32 Å². The molecule has 0 atom stereocenters. The van der Waals surface area contributed by atoms with Gasteiger partial charge in [0.25, 0.3) is 5.91 Å². The predicted octanol–water partition coefficient (Wildman–Crippen LogP) is 1.56. The highest BCUT2D eigenvalue weighted by atomic mass is 16.2. The van der Waals surface area contributed by atoms with Crippen molar-refractivity contribution in [1.82, 2.24) is 10.2 Å². The van der Waals surface area contributed by atoms with Crippen LogP contribution in [0, 0.1) is 0 Å². The van der Waals surface area contributed by atoms with Gasteiger partial charge in [0, 0.05) is 19.0 Å². The highest BCUT2D eigenvalue weighted by Crippen LogP contribution is 2.04. The van der Waals surface area contributed by atoms with E-state index in [0.717, 1.165) is 5.56 Å². The summed E-state index contributed by atoms with van der Waals surface area (Å²) >= 11 is 0. The van der Waals surface area contributed by atoms with Gasteiger partial charge in [-0.2, -0.15) is 0 Å². The molecular weight excluding hydrogens is 280 g/mol. The summed E-state index contributed by atoms with van der Waals surface area (Å²) in [5, 5.41) is 2.80. The van der Waals surface area contributed by atoms with E-state index in [4.69, 9.17) is 0 Å². The van der Waals surface area contributed by atoms with Crippen molar-refractivity contribution in [2.75, 3.05) is 13.1 Å². The van der Waals surface area contributed by atoms with Gasteiger partial charge in [-0.25, -0.2) is 0 Å². The summed E-state index contributed by atoms with van der Waals surface area (Å²) in [7, 11) is 0. The highest BCUT2D eigenvalue weighted by Gasteiger charge is 2.22. The Hall–Kier alpha value is -2.17. The van der Waals surface area contributed by atoms with E-state index in [-0.39, 0.29) is 18.0 Å². The molecule has 0 aromatic heterocycles. The van der Waals surface area contributed by atoms with Crippen molar-refractivity contribution >= 4 is 17.6 Å². The fourth-order valence-electron chi connectivity index (χ4n) is 2.01. The number of hydrogen-bond acceptors (Lipinski definition) is 3. The fraction of sp³-hybridized carbons (Fsp3) is 0.471. The lowest BCUT2D eigenvalue weighted by atomic mass is 10.1. The second-order valence-electron chi connectivity index (χ2n) is 6.32. The van der Waals surface area contributed by atoms with Crippen molar-refractivity contribution in [3.8, 4) is 0 Å². The zero-order valence-electron chi connectivity index (χ0n) is 13.7. The van der Waals surface area contributed by atoms with Crippen molar-refractivity contribution in [1.29, 1.82) is 0 Å². The third-order valence-electron chi connectivity index (χ3n) is 2.95. The molecule has 0 aliphatic carbocycles. The Labute approximate surface area is 131 Å². The number of benzene rings is 1. The summed E-state index contributed by atoms with van der Waals surface area (Å²) < 4.78 is 0. The molecule has 0 aliphatic heterocycles. The second-order valence-corrected chi connectivity index (χ2v) is 6.32. The summed E-state index contributed by atoms with van der Waals surface area (Å²) in [6.45, 7) is 7.05. The average Bonchev–Trinajstić information content (AvgIpc) is 2.41. The molecule has 5 nitrogen and oxygen atoms in total. The molecule has 5 heteroatoms. The lowest BCUT2D eigenvalue weighted by Crippen LogP contribution is -2.48. The number of Topliss-reactive ketones (excluding diaryl/α,β-unsaturated/α-hetero) is 1. The van der Waals surface area contributed by atoms with E-state index < -0.39 is 11.7 Å². The molecule has 1 N–H and O–H groups in total. The molecule has 0 aliphatic rings. The Morgan fingerprint density at radius 1 is 1.09 bits per heavy atom. The van der Waals surface area contributed by atoms with Crippen molar-refractivity contribution < 1.29 is 14.4 Å². The molecule has 1 aromatic carbocycles. The van der Waals surface area contributed by atoms with Crippen LogP contribution in [0.2, 0.25) is 0 Å². The topological polar surface area (TPSA) is 66.5 Å². The monoisotopic (exact) mass is 304 g/mol. The maximum atomic E-state index is 12.0. The number of nitrogens with one attached hydrogen (secondary N) is 1. The number of nitrogens with zero attached hydrogens (tertiary/aromatic N) is 1. The Morgan fingerprint density at radius 3 is 2.18 bits per heavy atom. The summed E-state index contributed by atoms with van der Waals surface area (Å²) in [5.74, 6) is -1.45. The molecule has 0 fully saturated rings. The summed E-state index contributed by atoms with van der Waals surface area (Å²) in [5.41, 5.74) is 0.682. The predicted molar refractivity (Wildman–Crippen MR) is 85.3 cm³/mol. The quantitative estimate of drug-likeness (QED) is 0.811. The van der Waals surface area contributed by atoms with Crippen LogP contribution in [0.25, 0.3) is 0 Å². The third kappa shape index (κ3) is 6.52. The van der Waals surface area contributed by atoms with Crippen LogP contribution in [0.4, 0.5) is 0 Å². The van der Waals surface area contributed by atoms with Gasteiger partial charge >= 0.3 is 0 Å². The molecule has 0 radical (unpaired) electrons. The minimum Gasteiger partial charge on any atom is -0.350 e. The van der Waals surface area contributed by atoms with Gasteiger partial charge in [-0.15, -0.1) is 0 Å². The van der Waals surface area contributed by atoms with Gasteiger partial charge in [0.1, 0.15) is 0 Å². The standard InChI is InChI=1S/C17H24N2O3/c1-13(20)16(22)19(12-15(21)18-17(2,3)4)11-10-14-8-6-5-7-9-14/h5-9H,10-12H2,1-4H3,(H,18,21). The molecule has 0 saturated carbocycles. The Kier molecular flexibility index (Phi) is 6.28. The largest absolute Gasteiger partial charge is 0.350 e. The smallest absolute Gasteiger partial charge is 0.290 e. The van der Waals surface area contributed by atoms with Crippen LogP contribution in [-0.4, -0.2) is 41.1 Å². The molecule has 1 aromatic rings. The Bertz CT molecular complexity index is 533. The Balaban J connectivity index is 2.70. The maximum absolute atomic E-state index is 12.0. The lowest BCUT2D eigenvalue weighted by Gasteiger charge is -2.25. The molecule has 1 rings (SSSR count). The third-order valence-corrected chi connectivity index (χ3v) is 2.95.